The van der Waals surface area contributed by atoms with Gasteiger partial charge in [0.2, 0.25) is 0 Å². The highest BCUT2D eigenvalue weighted by Gasteiger charge is 2.07. The van der Waals surface area contributed by atoms with E-state index < -0.39 is 0 Å². The molecule has 0 saturated heterocycles. The van der Waals surface area contributed by atoms with Gasteiger partial charge in [0.15, 0.2) is 0 Å². The number of nitrogens with zero attached hydrogens (tertiary/aromatic N) is 2. The fraction of sp³-hybridized carbons (Fsp3) is 0.188. The SMILES string of the molecule is CN(C)c1cc(C=Cc2ccccc2)cc[n+]1C.[I-]. The Balaban J connectivity index is 0.00000180. The number of pyridine rings is 1. The molecule has 1 aromatic carbocycles. The molecule has 0 radical (unpaired) electrons. The minimum Gasteiger partial charge on any atom is -1.00 e. The summed E-state index contributed by atoms with van der Waals surface area (Å²) in [4.78, 5) is 2.11. The van der Waals surface area contributed by atoms with Crippen LogP contribution in [0.15, 0.2) is 48.7 Å². The zero-order valence-electron chi connectivity index (χ0n) is 11.5. The van der Waals surface area contributed by atoms with Crippen LogP contribution in [0.4, 0.5) is 5.82 Å². The van der Waals surface area contributed by atoms with Crippen LogP contribution in [-0.4, -0.2) is 14.1 Å². The third-order valence-corrected chi connectivity index (χ3v) is 2.87. The second-order valence-corrected chi connectivity index (χ2v) is 4.57. The molecular weight excluding hydrogens is 347 g/mol. The summed E-state index contributed by atoms with van der Waals surface area (Å²) in [6.45, 7) is 0. The predicted molar refractivity (Wildman–Crippen MR) is 77.3 cm³/mol. The second kappa shape index (κ2) is 7.28. The maximum Gasteiger partial charge on any atom is 0.276 e. The van der Waals surface area contributed by atoms with Gasteiger partial charge in [-0.15, -0.1) is 0 Å². The molecule has 0 spiro atoms. The van der Waals surface area contributed by atoms with Crippen LogP contribution in [0.1, 0.15) is 11.1 Å². The lowest BCUT2D eigenvalue weighted by Gasteiger charge is -2.08. The van der Waals surface area contributed by atoms with Crippen molar-refractivity contribution in [2.75, 3.05) is 19.0 Å². The van der Waals surface area contributed by atoms with E-state index in [0.717, 1.165) is 0 Å². The maximum absolute atomic E-state index is 2.18. The van der Waals surface area contributed by atoms with Crippen LogP contribution in [0, 0.1) is 0 Å². The Morgan fingerprint density at radius 3 is 2.21 bits per heavy atom. The molecule has 3 heteroatoms. The van der Waals surface area contributed by atoms with Crippen LogP contribution in [0.3, 0.4) is 0 Å². The predicted octanol–water partition coefficient (Wildman–Crippen LogP) is -0.248. The van der Waals surface area contributed by atoms with Crippen molar-refractivity contribution in [2.45, 2.75) is 0 Å². The first kappa shape index (κ1) is 15.7. The van der Waals surface area contributed by atoms with Crippen molar-refractivity contribution in [3.05, 3.63) is 59.8 Å². The monoisotopic (exact) mass is 366 g/mol. The normalized spacial score (nSPS) is 10.3. The van der Waals surface area contributed by atoms with Gasteiger partial charge >= 0.3 is 0 Å². The largest absolute Gasteiger partial charge is 1.00 e. The van der Waals surface area contributed by atoms with Gasteiger partial charge in [-0.1, -0.05) is 42.5 Å². The van der Waals surface area contributed by atoms with Crippen LogP contribution >= 0.6 is 0 Å². The van der Waals surface area contributed by atoms with Crippen molar-refractivity contribution < 1.29 is 28.5 Å². The molecule has 100 valence electrons. The summed E-state index contributed by atoms with van der Waals surface area (Å²) in [5.74, 6) is 1.19. The molecule has 0 fully saturated rings. The highest BCUT2D eigenvalue weighted by atomic mass is 127. The van der Waals surface area contributed by atoms with E-state index in [1.807, 2.05) is 6.07 Å². The molecule has 2 nitrogen and oxygen atoms in total. The molecule has 2 aromatic rings. The van der Waals surface area contributed by atoms with Crippen molar-refractivity contribution >= 4 is 18.0 Å². The number of aromatic nitrogens is 1. The molecule has 0 aliphatic heterocycles. The zero-order chi connectivity index (χ0) is 13.0. The van der Waals surface area contributed by atoms with Gasteiger partial charge in [-0.25, -0.2) is 4.57 Å². The zero-order valence-corrected chi connectivity index (χ0v) is 13.7. The molecule has 2 rings (SSSR count). The van der Waals surface area contributed by atoms with E-state index >= 15 is 0 Å². The Kier molecular flexibility index (Phi) is 6.02. The third kappa shape index (κ3) is 4.35. The van der Waals surface area contributed by atoms with Gasteiger partial charge in [0.1, 0.15) is 0 Å². The lowest BCUT2D eigenvalue weighted by molar-refractivity contribution is -0.658. The highest BCUT2D eigenvalue weighted by molar-refractivity contribution is 5.70. The lowest BCUT2D eigenvalue weighted by atomic mass is 10.1. The average molecular weight is 366 g/mol. The van der Waals surface area contributed by atoms with E-state index in [-0.39, 0.29) is 24.0 Å². The first-order chi connectivity index (χ1) is 8.66. The molecule has 0 unspecified atom stereocenters. The number of hydrogen-bond acceptors (Lipinski definition) is 1. The minimum absolute atomic E-state index is 0. The van der Waals surface area contributed by atoms with Crippen LogP contribution in [0.2, 0.25) is 0 Å². The highest BCUT2D eigenvalue weighted by Crippen LogP contribution is 2.11. The van der Waals surface area contributed by atoms with Crippen molar-refractivity contribution in [3.63, 3.8) is 0 Å². The number of rotatable bonds is 3. The van der Waals surface area contributed by atoms with E-state index in [4.69, 9.17) is 0 Å². The second-order valence-electron chi connectivity index (χ2n) is 4.57. The summed E-state index contributed by atoms with van der Waals surface area (Å²) in [7, 11) is 6.17. The summed E-state index contributed by atoms with van der Waals surface area (Å²) in [5.41, 5.74) is 2.43. The lowest BCUT2D eigenvalue weighted by Crippen LogP contribution is -3.00. The first-order valence-electron chi connectivity index (χ1n) is 6.07. The van der Waals surface area contributed by atoms with E-state index in [0.29, 0.717) is 0 Å². The van der Waals surface area contributed by atoms with Crippen molar-refractivity contribution in [3.8, 4) is 0 Å². The van der Waals surface area contributed by atoms with Gasteiger partial charge in [-0.05, 0) is 17.2 Å². The average Bonchev–Trinajstić information content (AvgIpc) is 2.38. The number of hydrogen-bond donors (Lipinski definition) is 0. The Bertz CT molecular complexity index is 548. The fourth-order valence-corrected chi connectivity index (χ4v) is 1.88. The standard InChI is InChI=1S/C16H19N2.HI/c1-17(2)16-13-15(11-12-18(16)3)10-9-14-7-5-4-6-8-14;/h4-13H,1-3H3;1H/q+1;/p-1. The Labute approximate surface area is 132 Å². The van der Waals surface area contributed by atoms with E-state index in [1.54, 1.807) is 0 Å². The smallest absolute Gasteiger partial charge is 0.276 e. The van der Waals surface area contributed by atoms with Gasteiger partial charge < -0.3 is 24.0 Å². The number of anilines is 1. The molecule has 19 heavy (non-hydrogen) atoms. The molecular formula is C16H19IN2. The van der Waals surface area contributed by atoms with Crippen molar-refractivity contribution in [2.24, 2.45) is 7.05 Å². The molecule has 1 aromatic heterocycles. The Morgan fingerprint density at radius 1 is 0.947 bits per heavy atom. The van der Waals surface area contributed by atoms with Gasteiger partial charge in [0.25, 0.3) is 5.82 Å². The third-order valence-electron chi connectivity index (χ3n) is 2.87. The Hall–Kier alpha value is -1.36. The van der Waals surface area contributed by atoms with Crippen LogP contribution < -0.4 is 33.4 Å². The molecule has 1 heterocycles. The maximum atomic E-state index is 2.18. The molecule has 0 bridgehead atoms. The molecule has 0 aliphatic rings. The molecule has 0 saturated carbocycles. The quantitative estimate of drug-likeness (QED) is 0.537. The molecule has 0 aliphatic carbocycles. The fourth-order valence-electron chi connectivity index (χ4n) is 1.88. The number of halogens is 1. The summed E-state index contributed by atoms with van der Waals surface area (Å²) >= 11 is 0. The summed E-state index contributed by atoms with van der Waals surface area (Å²) in [6, 6.07) is 14.6. The van der Waals surface area contributed by atoms with Crippen molar-refractivity contribution in [1.29, 1.82) is 0 Å². The first-order valence-corrected chi connectivity index (χ1v) is 6.07. The van der Waals surface area contributed by atoms with Gasteiger partial charge in [0.05, 0.1) is 27.3 Å². The summed E-state index contributed by atoms with van der Waals surface area (Å²) < 4.78 is 2.11. The van der Waals surface area contributed by atoms with E-state index in [2.05, 4.69) is 85.4 Å². The van der Waals surface area contributed by atoms with Gasteiger partial charge in [-0.3, -0.25) is 4.90 Å². The number of benzene rings is 1. The van der Waals surface area contributed by atoms with Crippen LogP contribution in [0.5, 0.6) is 0 Å². The Morgan fingerprint density at radius 2 is 1.58 bits per heavy atom. The summed E-state index contributed by atoms with van der Waals surface area (Å²) in [5, 5.41) is 0. The summed E-state index contributed by atoms with van der Waals surface area (Å²) in [6.07, 6.45) is 6.36. The molecule has 0 amide bonds. The van der Waals surface area contributed by atoms with E-state index in [1.165, 1.54) is 16.9 Å². The topological polar surface area (TPSA) is 7.12 Å². The van der Waals surface area contributed by atoms with E-state index in [9.17, 15) is 0 Å². The van der Waals surface area contributed by atoms with Gasteiger partial charge in [0, 0.05) is 6.07 Å². The van der Waals surface area contributed by atoms with Crippen LogP contribution in [-0.2, 0) is 7.05 Å². The molecule has 0 N–H and O–H groups in total. The molecule has 0 atom stereocenters. The van der Waals surface area contributed by atoms with Crippen LogP contribution in [0.25, 0.3) is 12.2 Å². The minimum atomic E-state index is 0. The van der Waals surface area contributed by atoms with Crippen molar-refractivity contribution in [1.82, 2.24) is 0 Å². The van der Waals surface area contributed by atoms with Gasteiger partial charge in [-0.2, -0.15) is 0 Å². The number of aryl methyl sites for hydroxylation is 1.